The van der Waals surface area contributed by atoms with Crippen LogP contribution in [0.25, 0.3) is 5.57 Å². The van der Waals surface area contributed by atoms with Gasteiger partial charge in [-0.1, -0.05) is 60.7 Å². The summed E-state index contributed by atoms with van der Waals surface area (Å²) in [6.45, 7) is 0. The minimum Gasteiger partial charge on any atom is -0.292 e. The lowest BCUT2D eigenvalue weighted by atomic mass is 9.93. The molecule has 21 heavy (non-hydrogen) atoms. The van der Waals surface area contributed by atoms with Crippen LogP contribution in [-0.2, 0) is 16.0 Å². The van der Waals surface area contributed by atoms with E-state index in [4.69, 9.17) is 0 Å². The highest BCUT2D eigenvalue weighted by atomic mass is 16.2. The lowest BCUT2D eigenvalue weighted by Crippen LogP contribution is -2.19. The smallest absolute Gasteiger partial charge is 0.254 e. The Bertz CT molecular complexity index is 703. The van der Waals surface area contributed by atoms with Crippen LogP contribution in [0.4, 0.5) is 0 Å². The molecule has 3 nitrogen and oxygen atoms in total. The van der Waals surface area contributed by atoms with Crippen molar-refractivity contribution in [2.45, 2.75) is 12.8 Å². The molecular weight excluding hydrogens is 262 g/mol. The predicted octanol–water partition coefficient (Wildman–Crippen LogP) is 2.73. The molecule has 0 saturated carbocycles. The van der Waals surface area contributed by atoms with E-state index >= 15 is 0 Å². The van der Waals surface area contributed by atoms with Crippen LogP contribution >= 0.6 is 0 Å². The number of nitrogens with one attached hydrogen (secondary N) is 1. The van der Waals surface area contributed by atoms with Gasteiger partial charge in [0.15, 0.2) is 0 Å². The number of allylic oxidation sites excluding steroid dienone is 1. The third-order valence-corrected chi connectivity index (χ3v) is 3.57. The van der Waals surface area contributed by atoms with Gasteiger partial charge < -0.3 is 0 Å². The first-order chi connectivity index (χ1) is 10.2. The maximum Gasteiger partial charge on any atom is 0.254 e. The molecule has 1 N–H and O–H groups in total. The first kappa shape index (κ1) is 13.3. The van der Waals surface area contributed by atoms with Crippen LogP contribution in [0, 0.1) is 0 Å². The normalized spacial score (nSPS) is 16.8. The van der Waals surface area contributed by atoms with Crippen molar-refractivity contribution in [3.8, 4) is 0 Å². The molecule has 1 saturated heterocycles. The van der Waals surface area contributed by atoms with Crippen LogP contribution in [0.1, 0.15) is 17.5 Å². The maximum atomic E-state index is 12.0. The molecule has 0 unspecified atom stereocenters. The Morgan fingerprint density at radius 1 is 0.905 bits per heavy atom. The Balaban J connectivity index is 2.06. The fourth-order valence-corrected chi connectivity index (χ4v) is 2.55. The summed E-state index contributed by atoms with van der Waals surface area (Å²) in [6, 6.07) is 19.7. The largest absolute Gasteiger partial charge is 0.292 e. The summed E-state index contributed by atoms with van der Waals surface area (Å²) in [6.07, 6.45) is 0.802. The van der Waals surface area contributed by atoms with Crippen molar-refractivity contribution in [3.63, 3.8) is 0 Å². The van der Waals surface area contributed by atoms with Crippen molar-refractivity contribution in [2.24, 2.45) is 0 Å². The van der Waals surface area contributed by atoms with Crippen molar-refractivity contribution in [3.05, 3.63) is 77.4 Å². The molecule has 0 spiro atoms. The zero-order chi connectivity index (χ0) is 14.7. The van der Waals surface area contributed by atoms with Crippen molar-refractivity contribution in [1.29, 1.82) is 0 Å². The van der Waals surface area contributed by atoms with Gasteiger partial charge in [0.2, 0.25) is 5.91 Å². The van der Waals surface area contributed by atoms with E-state index in [1.165, 1.54) is 0 Å². The molecular formula is C18H15NO2. The lowest BCUT2D eigenvalue weighted by Gasteiger charge is -2.11. The van der Waals surface area contributed by atoms with E-state index in [1.54, 1.807) is 0 Å². The van der Waals surface area contributed by atoms with E-state index in [0.29, 0.717) is 12.0 Å². The second-order valence-electron chi connectivity index (χ2n) is 5.04. The first-order valence-corrected chi connectivity index (χ1v) is 6.89. The molecule has 1 fully saturated rings. The predicted molar refractivity (Wildman–Crippen MR) is 81.3 cm³/mol. The highest BCUT2D eigenvalue weighted by Crippen LogP contribution is 2.27. The average molecular weight is 277 g/mol. The fourth-order valence-electron chi connectivity index (χ4n) is 2.55. The summed E-state index contributed by atoms with van der Waals surface area (Å²) in [7, 11) is 0. The SMILES string of the molecule is O=C1CC(=C(Cc2ccccc2)c2ccccc2)C(=O)N1. The molecule has 1 heterocycles. The van der Waals surface area contributed by atoms with E-state index in [0.717, 1.165) is 16.7 Å². The molecule has 2 aromatic carbocycles. The number of imide groups is 1. The number of carbonyl (C=O) groups excluding carboxylic acids is 2. The van der Waals surface area contributed by atoms with Crippen molar-refractivity contribution in [1.82, 2.24) is 5.32 Å². The number of carbonyl (C=O) groups is 2. The summed E-state index contributed by atoms with van der Waals surface area (Å²) in [5.41, 5.74) is 3.61. The highest BCUT2D eigenvalue weighted by Gasteiger charge is 2.27. The molecule has 2 amide bonds. The van der Waals surface area contributed by atoms with Gasteiger partial charge in [-0.05, 0) is 23.1 Å². The van der Waals surface area contributed by atoms with Gasteiger partial charge in [-0.15, -0.1) is 0 Å². The maximum absolute atomic E-state index is 12.0. The van der Waals surface area contributed by atoms with Gasteiger partial charge in [0.25, 0.3) is 5.91 Å². The van der Waals surface area contributed by atoms with Gasteiger partial charge in [-0.2, -0.15) is 0 Å². The molecule has 0 atom stereocenters. The molecule has 2 aromatic rings. The van der Waals surface area contributed by atoms with E-state index in [1.807, 2.05) is 60.7 Å². The lowest BCUT2D eigenvalue weighted by molar-refractivity contribution is -0.124. The third-order valence-electron chi connectivity index (χ3n) is 3.57. The van der Waals surface area contributed by atoms with E-state index < -0.39 is 0 Å². The molecule has 0 bridgehead atoms. The number of hydrogen-bond acceptors (Lipinski definition) is 2. The number of hydrogen-bond donors (Lipinski definition) is 1. The van der Waals surface area contributed by atoms with Gasteiger partial charge in [-0.25, -0.2) is 0 Å². The van der Waals surface area contributed by atoms with Crippen LogP contribution in [0.5, 0.6) is 0 Å². The molecule has 0 aromatic heterocycles. The van der Waals surface area contributed by atoms with Crippen molar-refractivity contribution < 1.29 is 9.59 Å². The summed E-state index contributed by atoms with van der Waals surface area (Å²) < 4.78 is 0. The van der Waals surface area contributed by atoms with Crippen LogP contribution in [0.3, 0.4) is 0 Å². The zero-order valence-electron chi connectivity index (χ0n) is 11.5. The Hall–Kier alpha value is -2.68. The number of amides is 2. The summed E-state index contributed by atoms with van der Waals surface area (Å²) >= 11 is 0. The van der Waals surface area contributed by atoms with Gasteiger partial charge in [-0.3, -0.25) is 14.9 Å². The standard InChI is InChI=1S/C18H15NO2/c20-17-12-16(18(21)19-17)15(14-9-5-2-6-10-14)11-13-7-3-1-4-8-13/h1-10H,11-12H2,(H,19,20,21). The molecule has 1 aliphatic rings. The van der Waals surface area contributed by atoms with Gasteiger partial charge in [0, 0.05) is 5.57 Å². The molecule has 3 heteroatoms. The Kier molecular flexibility index (Phi) is 3.65. The van der Waals surface area contributed by atoms with Crippen LogP contribution in [0.2, 0.25) is 0 Å². The molecule has 104 valence electrons. The second-order valence-corrected chi connectivity index (χ2v) is 5.04. The average Bonchev–Trinajstić information content (AvgIpc) is 2.85. The van der Waals surface area contributed by atoms with E-state index in [2.05, 4.69) is 5.32 Å². The Labute approximate surface area is 123 Å². The minimum atomic E-state index is -0.269. The van der Waals surface area contributed by atoms with Crippen molar-refractivity contribution in [2.75, 3.05) is 0 Å². The van der Waals surface area contributed by atoms with Crippen molar-refractivity contribution >= 4 is 17.4 Å². The molecule has 0 radical (unpaired) electrons. The summed E-state index contributed by atoms with van der Waals surface area (Å²) in [4.78, 5) is 23.5. The monoisotopic (exact) mass is 277 g/mol. The zero-order valence-corrected chi connectivity index (χ0v) is 11.5. The summed E-state index contributed by atoms with van der Waals surface area (Å²) in [5.74, 6) is -0.494. The van der Waals surface area contributed by atoms with Crippen LogP contribution < -0.4 is 5.32 Å². The fraction of sp³-hybridized carbons (Fsp3) is 0.111. The summed E-state index contributed by atoms with van der Waals surface area (Å²) in [5, 5.41) is 2.37. The van der Waals surface area contributed by atoms with Gasteiger partial charge >= 0.3 is 0 Å². The number of benzene rings is 2. The van der Waals surface area contributed by atoms with E-state index in [9.17, 15) is 9.59 Å². The second kappa shape index (κ2) is 5.75. The molecule has 3 rings (SSSR count). The third kappa shape index (κ3) is 2.92. The van der Waals surface area contributed by atoms with Crippen LogP contribution in [-0.4, -0.2) is 11.8 Å². The Morgan fingerprint density at radius 2 is 1.52 bits per heavy atom. The van der Waals surface area contributed by atoms with Gasteiger partial charge in [0.05, 0.1) is 6.42 Å². The molecule has 0 aliphatic carbocycles. The van der Waals surface area contributed by atoms with E-state index in [-0.39, 0.29) is 18.2 Å². The number of rotatable bonds is 3. The molecule has 1 aliphatic heterocycles. The topological polar surface area (TPSA) is 46.2 Å². The van der Waals surface area contributed by atoms with Gasteiger partial charge in [0.1, 0.15) is 0 Å². The first-order valence-electron chi connectivity index (χ1n) is 6.89. The minimum absolute atomic E-state index is 0.163. The quantitative estimate of drug-likeness (QED) is 0.692. The van der Waals surface area contributed by atoms with Crippen LogP contribution in [0.15, 0.2) is 66.2 Å². The highest BCUT2D eigenvalue weighted by molar-refractivity contribution is 6.17. The Morgan fingerprint density at radius 3 is 2.10 bits per heavy atom.